The van der Waals surface area contributed by atoms with Gasteiger partial charge in [0.1, 0.15) is 5.52 Å². The number of hydrogen-bond acceptors (Lipinski definition) is 3. The van der Waals surface area contributed by atoms with E-state index in [0.717, 1.165) is 49.8 Å². The predicted molar refractivity (Wildman–Crippen MR) is 127 cm³/mol. The summed E-state index contributed by atoms with van der Waals surface area (Å²) < 4.78 is 5.75. The predicted octanol–water partition coefficient (Wildman–Crippen LogP) is 7.48. The monoisotopic (exact) mass is 400 g/mol. The smallest absolute Gasteiger partial charge is 0.160 e. The van der Waals surface area contributed by atoms with Gasteiger partial charge < -0.3 is 4.42 Å². The van der Waals surface area contributed by atoms with E-state index in [-0.39, 0.29) is 0 Å². The highest BCUT2D eigenvalue weighted by molar-refractivity contribution is 6.10. The van der Waals surface area contributed by atoms with E-state index in [1.807, 2.05) is 24.5 Å². The van der Waals surface area contributed by atoms with Crippen molar-refractivity contribution in [2.24, 2.45) is 0 Å². The number of pyridine rings is 2. The quantitative estimate of drug-likeness (QED) is 0.302. The van der Waals surface area contributed by atoms with Gasteiger partial charge in [-0.25, -0.2) is 0 Å². The maximum atomic E-state index is 5.75. The highest BCUT2D eigenvalue weighted by Gasteiger charge is 2.16. The van der Waals surface area contributed by atoms with Crippen LogP contribution in [0, 0.1) is 13.8 Å². The van der Waals surface area contributed by atoms with Crippen LogP contribution in [0.4, 0.5) is 0 Å². The molecule has 3 aromatic heterocycles. The number of fused-ring (bicyclic) bond motifs is 4. The SMILES string of the molecule is Cc1ccc2cc(-c3cccnc3-c3cc4ccoc4c4ncc(C)cc34)ccc2c1. The maximum absolute atomic E-state index is 5.75. The van der Waals surface area contributed by atoms with Gasteiger partial charge in [-0.1, -0.05) is 42.0 Å². The molecular weight excluding hydrogens is 380 g/mol. The second-order valence-corrected chi connectivity index (χ2v) is 8.14. The zero-order valence-electron chi connectivity index (χ0n) is 17.4. The molecule has 6 aromatic rings. The van der Waals surface area contributed by atoms with Gasteiger partial charge in [0, 0.05) is 34.3 Å². The van der Waals surface area contributed by atoms with Crippen LogP contribution < -0.4 is 0 Å². The van der Waals surface area contributed by atoms with E-state index in [4.69, 9.17) is 14.4 Å². The minimum absolute atomic E-state index is 0.817. The Labute approximate surface area is 180 Å². The summed E-state index contributed by atoms with van der Waals surface area (Å²) >= 11 is 0. The second-order valence-electron chi connectivity index (χ2n) is 8.14. The first kappa shape index (κ1) is 17.8. The van der Waals surface area contributed by atoms with Gasteiger partial charge in [0.25, 0.3) is 0 Å². The van der Waals surface area contributed by atoms with E-state index in [1.54, 1.807) is 6.26 Å². The Hall–Kier alpha value is -3.98. The molecule has 0 saturated carbocycles. The lowest BCUT2D eigenvalue weighted by atomic mass is 9.94. The zero-order valence-corrected chi connectivity index (χ0v) is 17.4. The van der Waals surface area contributed by atoms with Crippen LogP contribution in [0.3, 0.4) is 0 Å². The summed E-state index contributed by atoms with van der Waals surface area (Å²) in [6, 6.07) is 23.7. The molecule has 0 fully saturated rings. The van der Waals surface area contributed by atoms with Crippen LogP contribution in [0.1, 0.15) is 11.1 Å². The standard InChI is InChI=1S/C28H20N2O/c1-17-5-6-20-14-21(8-7-19(20)12-17)23-4-3-10-29-26(23)25-15-22-9-11-31-28(22)27-24(25)13-18(2)16-30-27/h3-16H,1-2H3. The van der Waals surface area contributed by atoms with Crippen molar-refractivity contribution < 1.29 is 4.42 Å². The normalized spacial score (nSPS) is 11.5. The fourth-order valence-electron chi connectivity index (χ4n) is 4.40. The molecular formula is C28H20N2O. The Bertz CT molecular complexity index is 1610. The summed E-state index contributed by atoms with van der Waals surface area (Å²) in [7, 11) is 0. The molecule has 31 heavy (non-hydrogen) atoms. The van der Waals surface area contributed by atoms with E-state index in [9.17, 15) is 0 Å². The number of nitrogens with zero attached hydrogens (tertiary/aromatic N) is 2. The lowest BCUT2D eigenvalue weighted by molar-refractivity contribution is 0.618. The molecule has 0 N–H and O–H groups in total. The molecule has 0 amide bonds. The van der Waals surface area contributed by atoms with Crippen molar-refractivity contribution in [3.05, 3.63) is 96.5 Å². The van der Waals surface area contributed by atoms with E-state index >= 15 is 0 Å². The Balaban J connectivity index is 1.65. The summed E-state index contributed by atoms with van der Waals surface area (Å²) in [5.74, 6) is 0. The third-order valence-corrected chi connectivity index (χ3v) is 5.89. The summed E-state index contributed by atoms with van der Waals surface area (Å²) in [5.41, 5.74) is 8.35. The molecule has 3 heteroatoms. The summed E-state index contributed by atoms with van der Waals surface area (Å²) in [4.78, 5) is 9.53. The van der Waals surface area contributed by atoms with Crippen LogP contribution in [-0.4, -0.2) is 9.97 Å². The third kappa shape index (κ3) is 2.89. The summed E-state index contributed by atoms with van der Waals surface area (Å²) in [6.45, 7) is 4.19. The fraction of sp³-hybridized carbons (Fsp3) is 0.0714. The molecule has 0 radical (unpaired) electrons. The van der Waals surface area contributed by atoms with Crippen molar-refractivity contribution in [3.63, 3.8) is 0 Å². The molecule has 0 spiro atoms. The third-order valence-electron chi connectivity index (χ3n) is 5.89. The molecule has 3 heterocycles. The van der Waals surface area contributed by atoms with E-state index in [1.165, 1.54) is 16.3 Å². The van der Waals surface area contributed by atoms with Crippen molar-refractivity contribution in [2.45, 2.75) is 13.8 Å². The van der Waals surface area contributed by atoms with Crippen LogP contribution in [0.5, 0.6) is 0 Å². The van der Waals surface area contributed by atoms with Gasteiger partial charge in [-0.05, 0) is 66.1 Å². The van der Waals surface area contributed by atoms with Crippen LogP contribution in [-0.2, 0) is 0 Å². The van der Waals surface area contributed by atoms with Gasteiger partial charge in [0.15, 0.2) is 5.58 Å². The Kier molecular flexibility index (Phi) is 3.90. The van der Waals surface area contributed by atoms with Gasteiger partial charge in [-0.15, -0.1) is 0 Å². The molecule has 3 aromatic carbocycles. The molecule has 0 saturated heterocycles. The topological polar surface area (TPSA) is 38.9 Å². The number of rotatable bonds is 2. The van der Waals surface area contributed by atoms with E-state index < -0.39 is 0 Å². The molecule has 0 bridgehead atoms. The average Bonchev–Trinajstić information content (AvgIpc) is 3.27. The Morgan fingerprint density at radius 1 is 0.710 bits per heavy atom. The lowest BCUT2D eigenvalue weighted by Crippen LogP contribution is -1.92. The van der Waals surface area contributed by atoms with Crippen LogP contribution in [0.25, 0.3) is 55.0 Å². The molecule has 6 rings (SSSR count). The highest BCUT2D eigenvalue weighted by Crippen LogP contribution is 2.38. The molecule has 148 valence electrons. The van der Waals surface area contributed by atoms with Crippen LogP contribution in [0.15, 0.2) is 89.8 Å². The maximum Gasteiger partial charge on any atom is 0.160 e. The first-order valence-corrected chi connectivity index (χ1v) is 10.4. The number of aromatic nitrogens is 2. The van der Waals surface area contributed by atoms with Gasteiger partial charge in [0.05, 0.1) is 12.0 Å². The molecule has 0 aliphatic rings. The Morgan fingerprint density at radius 3 is 2.52 bits per heavy atom. The largest absolute Gasteiger partial charge is 0.462 e. The van der Waals surface area contributed by atoms with E-state index in [2.05, 4.69) is 68.4 Å². The lowest BCUT2D eigenvalue weighted by Gasteiger charge is -2.13. The number of benzene rings is 3. The van der Waals surface area contributed by atoms with E-state index in [0.29, 0.717) is 0 Å². The fourth-order valence-corrected chi connectivity index (χ4v) is 4.40. The number of furan rings is 1. The first-order valence-electron chi connectivity index (χ1n) is 10.4. The average molecular weight is 400 g/mol. The number of hydrogen-bond donors (Lipinski definition) is 0. The number of aryl methyl sites for hydroxylation is 2. The molecule has 0 atom stereocenters. The minimum Gasteiger partial charge on any atom is -0.462 e. The van der Waals surface area contributed by atoms with Crippen LogP contribution >= 0.6 is 0 Å². The highest BCUT2D eigenvalue weighted by atomic mass is 16.3. The second kappa shape index (κ2) is 6.78. The molecule has 0 aliphatic carbocycles. The minimum atomic E-state index is 0.817. The molecule has 0 aliphatic heterocycles. The van der Waals surface area contributed by atoms with Crippen molar-refractivity contribution >= 4 is 32.6 Å². The molecule has 0 unspecified atom stereocenters. The van der Waals surface area contributed by atoms with Gasteiger partial charge >= 0.3 is 0 Å². The summed E-state index contributed by atoms with van der Waals surface area (Å²) in [5, 5.41) is 4.56. The first-order chi connectivity index (χ1) is 15.2. The van der Waals surface area contributed by atoms with Gasteiger partial charge in [0.2, 0.25) is 0 Å². The van der Waals surface area contributed by atoms with Gasteiger partial charge in [-0.3, -0.25) is 9.97 Å². The van der Waals surface area contributed by atoms with Gasteiger partial charge in [-0.2, -0.15) is 0 Å². The Morgan fingerprint density at radius 2 is 1.58 bits per heavy atom. The van der Waals surface area contributed by atoms with Crippen molar-refractivity contribution in [2.75, 3.05) is 0 Å². The van der Waals surface area contributed by atoms with Crippen molar-refractivity contribution in [1.29, 1.82) is 0 Å². The summed E-state index contributed by atoms with van der Waals surface area (Å²) in [6.07, 6.45) is 5.47. The molecule has 3 nitrogen and oxygen atoms in total. The van der Waals surface area contributed by atoms with Crippen LogP contribution in [0.2, 0.25) is 0 Å². The van der Waals surface area contributed by atoms with Crippen molar-refractivity contribution in [1.82, 2.24) is 9.97 Å². The van der Waals surface area contributed by atoms with Crippen molar-refractivity contribution in [3.8, 4) is 22.4 Å². The zero-order chi connectivity index (χ0) is 20.9.